The SMILES string of the molecule is CC(C)CN(CCN1CCOCC1)CC(=O)O. The summed E-state index contributed by atoms with van der Waals surface area (Å²) in [5.74, 6) is -0.244. The van der Waals surface area contributed by atoms with Crippen LogP contribution in [0.3, 0.4) is 0 Å². The molecule has 0 atom stereocenters. The van der Waals surface area contributed by atoms with Gasteiger partial charge in [0.05, 0.1) is 19.8 Å². The van der Waals surface area contributed by atoms with Gasteiger partial charge in [-0.05, 0) is 5.92 Å². The molecule has 1 aliphatic rings. The van der Waals surface area contributed by atoms with Crippen LogP contribution in [0.4, 0.5) is 0 Å². The Morgan fingerprint density at radius 2 is 2.06 bits per heavy atom. The molecule has 0 saturated carbocycles. The lowest BCUT2D eigenvalue weighted by Gasteiger charge is -2.30. The standard InChI is InChI=1S/C12H24N2O3/c1-11(2)9-14(10-12(15)16)4-3-13-5-7-17-8-6-13/h11H,3-10H2,1-2H3,(H,15,16). The van der Waals surface area contributed by atoms with Crippen molar-refractivity contribution in [1.29, 1.82) is 0 Å². The lowest BCUT2D eigenvalue weighted by Crippen LogP contribution is -2.43. The molecule has 0 aromatic carbocycles. The van der Waals surface area contributed by atoms with Gasteiger partial charge in [0, 0.05) is 32.7 Å². The fraction of sp³-hybridized carbons (Fsp3) is 0.917. The zero-order valence-electron chi connectivity index (χ0n) is 10.9. The molecule has 0 aromatic heterocycles. The monoisotopic (exact) mass is 244 g/mol. The third-order valence-electron chi connectivity index (χ3n) is 2.82. The maximum atomic E-state index is 10.8. The molecule has 1 aliphatic heterocycles. The minimum Gasteiger partial charge on any atom is -0.480 e. The summed E-state index contributed by atoms with van der Waals surface area (Å²) in [5.41, 5.74) is 0. The maximum Gasteiger partial charge on any atom is 0.317 e. The fourth-order valence-corrected chi connectivity index (χ4v) is 2.05. The summed E-state index contributed by atoms with van der Waals surface area (Å²) < 4.78 is 5.29. The number of nitrogens with zero attached hydrogens (tertiary/aromatic N) is 2. The number of aliphatic carboxylic acids is 1. The van der Waals surface area contributed by atoms with Crippen molar-refractivity contribution in [2.24, 2.45) is 5.92 Å². The topological polar surface area (TPSA) is 53.0 Å². The summed E-state index contributed by atoms with van der Waals surface area (Å²) in [7, 11) is 0. The van der Waals surface area contributed by atoms with Crippen LogP contribution in [0.2, 0.25) is 0 Å². The largest absolute Gasteiger partial charge is 0.480 e. The first-order valence-electron chi connectivity index (χ1n) is 6.32. The number of rotatable bonds is 7. The van der Waals surface area contributed by atoms with Crippen molar-refractivity contribution < 1.29 is 14.6 Å². The second kappa shape index (κ2) is 7.63. The molecule has 17 heavy (non-hydrogen) atoms. The average molecular weight is 244 g/mol. The van der Waals surface area contributed by atoms with E-state index in [2.05, 4.69) is 18.7 Å². The number of carboxylic acids is 1. The van der Waals surface area contributed by atoms with E-state index < -0.39 is 5.97 Å². The molecule has 0 spiro atoms. The van der Waals surface area contributed by atoms with Gasteiger partial charge in [0.2, 0.25) is 0 Å². The first kappa shape index (κ1) is 14.4. The Bertz CT molecular complexity index is 228. The molecule has 1 heterocycles. The Kier molecular flexibility index (Phi) is 6.47. The second-order valence-electron chi connectivity index (χ2n) is 4.98. The summed E-state index contributed by atoms with van der Waals surface area (Å²) in [6, 6.07) is 0. The van der Waals surface area contributed by atoms with E-state index in [4.69, 9.17) is 9.84 Å². The van der Waals surface area contributed by atoms with Crippen molar-refractivity contribution in [2.75, 3.05) is 52.5 Å². The Morgan fingerprint density at radius 3 is 2.59 bits per heavy atom. The van der Waals surface area contributed by atoms with Crippen LogP contribution in [-0.2, 0) is 9.53 Å². The fourth-order valence-electron chi connectivity index (χ4n) is 2.05. The Hall–Kier alpha value is -0.650. The van der Waals surface area contributed by atoms with Gasteiger partial charge in [0.15, 0.2) is 0 Å². The van der Waals surface area contributed by atoms with E-state index in [1.807, 2.05) is 4.90 Å². The van der Waals surface area contributed by atoms with Gasteiger partial charge in [0.25, 0.3) is 0 Å². The number of carboxylic acid groups (broad SMARTS) is 1. The Morgan fingerprint density at radius 1 is 1.41 bits per heavy atom. The summed E-state index contributed by atoms with van der Waals surface area (Å²) >= 11 is 0. The highest BCUT2D eigenvalue weighted by molar-refractivity contribution is 5.69. The first-order valence-corrected chi connectivity index (χ1v) is 6.32. The van der Waals surface area contributed by atoms with Crippen LogP contribution < -0.4 is 0 Å². The maximum absolute atomic E-state index is 10.8. The summed E-state index contributed by atoms with van der Waals surface area (Å²) in [6.45, 7) is 10.5. The van der Waals surface area contributed by atoms with Gasteiger partial charge in [-0.3, -0.25) is 14.6 Å². The summed E-state index contributed by atoms with van der Waals surface area (Å²) in [4.78, 5) is 15.1. The van der Waals surface area contributed by atoms with Crippen LogP contribution >= 0.6 is 0 Å². The number of hydrogen-bond acceptors (Lipinski definition) is 4. The van der Waals surface area contributed by atoms with E-state index in [0.29, 0.717) is 5.92 Å². The summed E-state index contributed by atoms with van der Waals surface area (Å²) in [5, 5.41) is 8.86. The molecule has 100 valence electrons. The molecule has 0 bridgehead atoms. The van der Waals surface area contributed by atoms with Crippen LogP contribution in [0.15, 0.2) is 0 Å². The van der Waals surface area contributed by atoms with Crippen LogP contribution in [0.1, 0.15) is 13.8 Å². The third-order valence-corrected chi connectivity index (χ3v) is 2.82. The lowest BCUT2D eigenvalue weighted by atomic mass is 10.2. The van der Waals surface area contributed by atoms with E-state index in [0.717, 1.165) is 45.9 Å². The Balaban J connectivity index is 2.28. The second-order valence-corrected chi connectivity index (χ2v) is 4.98. The summed E-state index contributed by atoms with van der Waals surface area (Å²) in [6.07, 6.45) is 0. The molecule has 1 saturated heterocycles. The lowest BCUT2D eigenvalue weighted by molar-refractivity contribution is -0.138. The molecule has 0 radical (unpaired) electrons. The highest BCUT2D eigenvalue weighted by atomic mass is 16.5. The molecule has 0 aromatic rings. The van der Waals surface area contributed by atoms with Crippen LogP contribution in [0, 0.1) is 5.92 Å². The van der Waals surface area contributed by atoms with Gasteiger partial charge in [-0.25, -0.2) is 0 Å². The normalized spacial score (nSPS) is 17.9. The minimum atomic E-state index is -0.743. The van der Waals surface area contributed by atoms with Crippen LogP contribution in [0.5, 0.6) is 0 Å². The quantitative estimate of drug-likeness (QED) is 0.701. The number of ether oxygens (including phenoxy) is 1. The van der Waals surface area contributed by atoms with Crippen molar-refractivity contribution >= 4 is 5.97 Å². The van der Waals surface area contributed by atoms with Gasteiger partial charge in [-0.2, -0.15) is 0 Å². The zero-order valence-corrected chi connectivity index (χ0v) is 10.9. The van der Waals surface area contributed by atoms with E-state index in [-0.39, 0.29) is 6.54 Å². The zero-order chi connectivity index (χ0) is 12.7. The van der Waals surface area contributed by atoms with Gasteiger partial charge < -0.3 is 9.84 Å². The molecular weight excluding hydrogens is 220 g/mol. The van der Waals surface area contributed by atoms with Crippen molar-refractivity contribution in [3.8, 4) is 0 Å². The highest BCUT2D eigenvalue weighted by Gasteiger charge is 2.15. The van der Waals surface area contributed by atoms with Gasteiger partial charge >= 0.3 is 5.97 Å². The molecule has 5 nitrogen and oxygen atoms in total. The van der Waals surface area contributed by atoms with E-state index in [9.17, 15) is 4.79 Å². The number of carbonyl (C=O) groups is 1. The highest BCUT2D eigenvalue weighted by Crippen LogP contribution is 2.01. The van der Waals surface area contributed by atoms with Crippen LogP contribution in [0.25, 0.3) is 0 Å². The van der Waals surface area contributed by atoms with Crippen LogP contribution in [-0.4, -0.2) is 73.4 Å². The van der Waals surface area contributed by atoms with Crippen molar-refractivity contribution in [3.63, 3.8) is 0 Å². The minimum absolute atomic E-state index is 0.141. The van der Waals surface area contributed by atoms with Crippen molar-refractivity contribution in [3.05, 3.63) is 0 Å². The molecule has 1 N–H and O–H groups in total. The van der Waals surface area contributed by atoms with Crippen molar-refractivity contribution in [2.45, 2.75) is 13.8 Å². The first-order chi connectivity index (χ1) is 8.08. The van der Waals surface area contributed by atoms with Gasteiger partial charge in [-0.1, -0.05) is 13.8 Å². The van der Waals surface area contributed by atoms with Gasteiger partial charge in [0.1, 0.15) is 0 Å². The van der Waals surface area contributed by atoms with Gasteiger partial charge in [-0.15, -0.1) is 0 Å². The number of morpholine rings is 1. The van der Waals surface area contributed by atoms with Crippen molar-refractivity contribution in [1.82, 2.24) is 9.80 Å². The molecule has 1 rings (SSSR count). The third kappa shape index (κ3) is 6.61. The molecule has 5 heteroatoms. The smallest absolute Gasteiger partial charge is 0.317 e. The molecule has 0 amide bonds. The molecule has 0 aliphatic carbocycles. The Labute approximate surface area is 103 Å². The molecular formula is C12H24N2O3. The predicted molar refractivity (Wildman–Crippen MR) is 66.2 cm³/mol. The predicted octanol–water partition coefficient (Wildman–Crippen LogP) is 0.361. The van der Waals surface area contributed by atoms with E-state index in [1.54, 1.807) is 0 Å². The molecule has 0 unspecified atom stereocenters. The average Bonchev–Trinajstić information content (AvgIpc) is 2.26. The number of hydrogen-bond donors (Lipinski definition) is 1. The molecule has 1 fully saturated rings. The van der Waals surface area contributed by atoms with E-state index >= 15 is 0 Å². The van der Waals surface area contributed by atoms with E-state index in [1.165, 1.54) is 0 Å².